The Morgan fingerprint density at radius 1 is 1.17 bits per heavy atom. The molecule has 0 unspecified atom stereocenters. The molecule has 0 aromatic heterocycles. The molecule has 0 heterocycles. The molecule has 0 spiro atoms. The molecule has 0 bridgehead atoms. The molecule has 1 aliphatic carbocycles. The molecule has 3 nitrogen and oxygen atoms in total. The Labute approximate surface area is 108 Å². The van der Waals surface area contributed by atoms with Crippen molar-refractivity contribution in [1.82, 2.24) is 4.90 Å². The molecular formula is C15H17N3. The second-order valence-corrected chi connectivity index (χ2v) is 4.90. The molecule has 1 aromatic rings. The van der Waals surface area contributed by atoms with E-state index in [0.717, 1.165) is 25.6 Å². The topological polar surface area (TPSA) is 50.8 Å². The molecule has 0 atom stereocenters. The van der Waals surface area contributed by atoms with Crippen molar-refractivity contribution in [3.8, 4) is 12.1 Å². The van der Waals surface area contributed by atoms with Gasteiger partial charge in [-0.15, -0.1) is 0 Å². The van der Waals surface area contributed by atoms with Crippen molar-refractivity contribution < 1.29 is 0 Å². The van der Waals surface area contributed by atoms with Crippen LogP contribution in [0.25, 0.3) is 0 Å². The van der Waals surface area contributed by atoms with E-state index < -0.39 is 0 Å². The molecule has 1 aliphatic rings. The van der Waals surface area contributed by atoms with Crippen LogP contribution in [-0.4, -0.2) is 18.0 Å². The Balaban J connectivity index is 1.93. The molecule has 0 amide bonds. The van der Waals surface area contributed by atoms with Crippen molar-refractivity contribution in [2.75, 3.05) is 13.1 Å². The number of hydrogen-bond acceptors (Lipinski definition) is 3. The second kappa shape index (κ2) is 6.19. The van der Waals surface area contributed by atoms with Gasteiger partial charge < -0.3 is 0 Å². The summed E-state index contributed by atoms with van der Waals surface area (Å²) in [6, 6.07) is 12.1. The molecule has 0 aliphatic heterocycles. The first-order valence-electron chi connectivity index (χ1n) is 6.40. The van der Waals surface area contributed by atoms with Crippen LogP contribution in [-0.2, 0) is 6.54 Å². The monoisotopic (exact) mass is 239 g/mol. The summed E-state index contributed by atoms with van der Waals surface area (Å²) >= 11 is 0. The van der Waals surface area contributed by atoms with E-state index in [2.05, 4.69) is 17.0 Å². The number of nitriles is 2. The van der Waals surface area contributed by atoms with Crippen LogP contribution in [0.3, 0.4) is 0 Å². The molecule has 2 rings (SSSR count). The Morgan fingerprint density at radius 3 is 2.44 bits per heavy atom. The largest absolute Gasteiger partial charge is 0.298 e. The summed E-state index contributed by atoms with van der Waals surface area (Å²) in [6.45, 7) is 2.82. The van der Waals surface area contributed by atoms with Crippen LogP contribution in [0.15, 0.2) is 24.3 Å². The molecule has 1 aromatic carbocycles. The fourth-order valence-electron chi connectivity index (χ4n) is 2.05. The average molecular weight is 239 g/mol. The van der Waals surface area contributed by atoms with Crippen LogP contribution in [0.4, 0.5) is 0 Å². The summed E-state index contributed by atoms with van der Waals surface area (Å²) in [7, 11) is 0. The predicted octanol–water partition coefficient (Wildman–Crippen LogP) is 2.68. The van der Waals surface area contributed by atoms with Gasteiger partial charge in [0.1, 0.15) is 0 Å². The normalized spacial score (nSPS) is 14.2. The first-order valence-corrected chi connectivity index (χ1v) is 6.40. The van der Waals surface area contributed by atoms with Gasteiger partial charge in [-0.05, 0) is 36.5 Å². The van der Waals surface area contributed by atoms with Crippen LogP contribution in [0, 0.1) is 28.6 Å². The minimum absolute atomic E-state index is 0.586. The van der Waals surface area contributed by atoms with Gasteiger partial charge >= 0.3 is 0 Å². The van der Waals surface area contributed by atoms with Crippen LogP contribution in [0.2, 0.25) is 0 Å². The maximum Gasteiger partial charge on any atom is 0.0991 e. The zero-order valence-corrected chi connectivity index (χ0v) is 10.5. The van der Waals surface area contributed by atoms with E-state index in [4.69, 9.17) is 10.5 Å². The van der Waals surface area contributed by atoms with Crippen LogP contribution in [0.5, 0.6) is 0 Å². The van der Waals surface area contributed by atoms with Crippen molar-refractivity contribution in [1.29, 1.82) is 10.5 Å². The Hall–Kier alpha value is -1.84. The summed E-state index contributed by atoms with van der Waals surface area (Å²) in [6.07, 6.45) is 3.25. The predicted molar refractivity (Wildman–Crippen MR) is 69.4 cm³/mol. The fraction of sp³-hybridized carbons (Fsp3) is 0.467. The summed E-state index contributed by atoms with van der Waals surface area (Å²) in [5.41, 5.74) is 1.91. The van der Waals surface area contributed by atoms with Gasteiger partial charge in [-0.1, -0.05) is 12.1 Å². The lowest BCUT2D eigenvalue weighted by Gasteiger charge is -2.21. The van der Waals surface area contributed by atoms with Crippen LogP contribution in [0.1, 0.15) is 30.4 Å². The lowest BCUT2D eigenvalue weighted by Crippen LogP contribution is -2.26. The van der Waals surface area contributed by atoms with Gasteiger partial charge in [-0.25, -0.2) is 0 Å². The maximum absolute atomic E-state index is 8.76. The second-order valence-electron chi connectivity index (χ2n) is 4.90. The molecule has 0 saturated heterocycles. The van der Waals surface area contributed by atoms with Gasteiger partial charge in [0, 0.05) is 26.1 Å². The Bertz CT molecular complexity index is 460. The first-order chi connectivity index (χ1) is 8.81. The van der Waals surface area contributed by atoms with Crippen molar-refractivity contribution >= 4 is 0 Å². The minimum Gasteiger partial charge on any atom is -0.298 e. The molecule has 1 fully saturated rings. The number of benzene rings is 1. The van der Waals surface area contributed by atoms with Gasteiger partial charge in [-0.2, -0.15) is 10.5 Å². The standard InChI is InChI=1S/C15H17N3/c16-8-1-9-18(12-15-6-7-15)11-14-4-2-13(10-17)3-5-14/h2-5,15H,1,6-7,9,11-12H2. The molecule has 3 heteroatoms. The van der Waals surface area contributed by atoms with Crippen LogP contribution < -0.4 is 0 Å². The van der Waals surface area contributed by atoms with E-state index in [9.17, 15) is 0 Å². The Morgan fingerprint density at radius 2 is 1.89 bits per heavy atom. The number of nitrogens with zero attached hydrogens (tertiary/aromatic N) is 3. The zero-order chi connectivity index (χ0) is 12.8. The maximum atomic E-state index is 8.76. The van der Waals surface area contributed by atoms with E-state index in [1.807, 2.05) is 24.3 Å². The summed E-state index contributed by atoms with van der Waals surface area (Å²) in [5, 5.41) is 17.4. The molecule has 18 heavy (non-hydrogen) atoms. The van der Waals surface area contributed by atoms with E-state index in [1.165, 1.54) is 18.4 Å². The van der Waals surface area contributed by atoms with E-state index in [1.54, 1.807) is 0 Å². The van der Waals surface area contributed by atoms with E-state index in [-0.39, 0.29) is 0 Å². The molecule has 0 N–H and O–H groups in total. The molecule has 1 saturated carbocycles. The molecule has 92 valence electrons. The van der Waals surface area contributed by atoms with Crippen molar-refractivity contribution in [3.63, 3.8) is 0 Å². The first kappa shape index (κ1) is 12.6. The Kier molecular flexibility index (Phi) is 4.34. The zero-order valence-electron chi connectivity index (χ0n) is 10.5. The van der Waals surface area contributed by atoms with Gasteiger partial charge in [0.2, 0.25) is 0 Å². The lowest BCUT2D eigenvalue weighted by atomic mass is 10.1. The van der Waals surface area contributed by atoms with Gasteiger partial charge in [0.05, 0.1) is 17.7 Å². The van der Waals surface area contributed by atoms with Gasteiger partial charge in [-0.3, -0.25) is 4.90 Å². The highest BCUT2D eigenvalue weighted by atomic mass is 15.1. The van der Waals surface area contributed by atoms with Crippen molar-refractivity contribution in [3.05, 3.63) is 35.4 Å². The SMILES string of the molecule is N#CCCN(Cc1ccc(C#N)cc1)CC1CC1. The molecular weight excluding hydrogens is 222 g/mol. The minimum atomic E-state index is 0.586. The third-order valence-electron chi connectivity index (χ3n) is 3.24. The average Bonchev–Trinajstić information content (AvgIpc) is 3.21. The molecule has 0 radical (unpaired) electrons. The third-order valence-corrected chi connectivity index (χ3v) is 3.24. The fourth-order valence-corrected chi connectivity index (χ4v) is 2.05. The lowest BCUT2D eigenvalue weighted by molar-refractivity contribution is 0.260. The summed E-state index contributed by atoms with van der Waals surface area (Å²) in [4.78, 5) is 2.35. The van der Waals surface area contributed by atoms with Gasteiger partial charge in [0.15, 0.2) is 0 Å². The van der Waals surface area contributed by atoms with Crippen LogP contribution >= 0.6 is 0 Å². The summed E-state index contributed by atoms with van der Waals surface area (Å²) in [5.74, 6) is 0.835. The van der Waals surface area contributed by atoms with Gasteiger partial charge in [0.25, 0.3) is 0 Å². The smallest absolute Gasteiger partial charge is 0.0991 e. The highest BCUT2D eigenvalue weighted by Gasteiger charge is 2.24. The van der Waals surface area contributed by atoms with E-state index >= 15 is 0 Å². The van der Waals surface area contributed by atoms with E-state index in [0.29, 0.717) is 12.0 Å². The summed E-state index contributed by atoms with van der Waals surface area (Å²) < 4.78 is 0. The number of rotatable bonds is 6. The van der Waals surface area contributed by atoms with Crippen molar-refractivity contribution in [2.24, 2.45) is 5.92 Å². The van der Waals surface area contributed by atoms with Crippen molar-refractivity contribution in [2.45, 2.75) is 25.8 Å². The number of hydrogen-bond donors (Lipinski definition) is 0. The highest BCUT2D eigenvalue weighted by Crippen LogP contribution is 2.30. The quantitative estimate of drug-likeness (QED) is 0.767. The third kappa shape index (κ3) is 3.87. The highest BCUT2D eigenvalue weighted by molar-refractivity contribution is 5.31.